The lowest BCUT2D eigenvalue weighted by molar-refractivity contribution is -0.145. The Morgan fingerprint density at radius 2 is 2.00 bits per heavy atom. The average molecular weight is 506 g/mol. The number of piperidine rings is 1. The monoisotopic (exact) mass is 505 g/mol. The highest BCUT2D eigenvalue weighted by molar-refractivity contribution is 9.10. The number of imide groups is 1. The van der Waals surface area contributed by atoms with Crippen LogP contribution in [0.3, 0.4) is 0 Å². The molecule has 1 N–H and O–H groups in total. The Bertz CT molecular complexity index is 1120. The largest absolute Gasteiger partial charge is 0.346 e. The molecule has 0 spiro atoms. The summed E-state index contributed by atoms with van der Waals surface area (Å²) < 4.78 is 29.4. The highest BCUT2D eigenvalue weighted by Gasteiger charge is 2.42. The van der Waals surface area contributed by atoms with E-state index in [0.29, 0.717) is 21.2 Å². The zero-order valence-corrected chi connectivity index (χ0v) is 18.3. The van der Waals surface area contributed by atoms with E-state index in [0.717, 1.165) is 6.07 Å². The second-order valence-corrected chi connectivity index (χ2v) is 8.67. The van der Waals surface area contributed by atoms with Gasteiger partial charge in [-0.05, 0) is 58.1 Å². The van der Waals surface area contributed by atoms with Gasteiger partial charge in [-0.25, -0.2) is 0 Å². The third kappa shape index (κ3) is 4.19. The number of ketones is 1. The lowest BCUT2D eigenvalue weighted by Crippen LogP contribution is -2.52. The van der Waals surface area contributed by atoms with E-state index in [1.54, 1.807) is 18.2 Å². The van der Waals surface area contributed by atoms with E-state index in [1.807, 2.05) is 0 Å². The summed E-state index contributed by atoms with van der Waals surface area (Å²) in [7, 11) is 0. The highest BCUT2D eigenvalue weighted by Crippen LogP contribution is 2.31. The molecule has 3 amide bonds. The molecule has 10 heteroatoms. The van der Waals surface area contributed by atoms with Gasteiger partial charge in [0.2, 0.25) is 17.6 Å². The van der Waals surface area contributed by atoms with E-state index in [1.165, 1.54) is 17.2 Å². The maximum absolute atomic E-state index is 14.4. The van der Waals surface area contributed by atoms with E-state index in [4.69, 9.17) is 0 Å². The topological polar surface area (TPSA) is 96.4 Å². The van der Waals surface area contributed by atoms with Crippen LogP contribution in [0.25, 0.3) is 0 Å². The Labute approximate surface area is 190 Å². The van der Waals surface area contributed by atoms with Gasteiger partial charge in [-0.2, -0.15) is 8.78 Å². The number of carbonyl (C=O) groups excluding carboxylic acids is 4. The van der Waals surface area contributed by atoms with E-state index in [2.05, 4.69) is 26.2 Å². The van der Waals surface area contributed by atoms with E-state index in [9.17, 15) is 28.0 Å². The first kappa shape index (κ1) is 22.2. The number of nitrogens with one attached hydrogen (secondary N) is 1. The third-order valence-corrected chi connectivity index (χ3v) is 6.10. The van der Waals surface area contributed by atoms with Crippen molar-refractivity contribution in [2.45, 2.75) is 44.2 Å². The Kier molecular flexibility index (Phi) is 5.89. The molecule has 1 unspecified atom stereocenters. The molecule has 32 heavy (non-hydrogen) atoms. The van der Waals surface area contributed by atoms with E-state index >= 15 is 0 Å². The maximum atomic E-state index is 14.4. The van der Waals surface area contributed by atoms with Crippen LogP contribution in [-0.4, -0.2) is 39.4 Å². The molecule has 2 aliphatic heterocycles. The van der Waals surface area contributed by atoms with Gasteiger partial charge in [-0.1, -0.05) is 12.1 Å². The first-order chi connectivity index (χ1) is 15.2. The summed E-state index contributed by atoms with van der Waals surface area (Å²) >= 11 is 3.12. The summed E-state index contributed by atoms with van der Waals surface area (Å²) in [4.78, 5) is 53.4. The number of carbonyl (C=O) groups is 4. The van der Waals surface area contributed by atoms with Crippen molar-refractivity contribution in [1.82, 2.24) is 15.2 Å². The van der Waals surface area contributed by atoms with Crippen molar-refractivity contribution in [2.75, 3.05) is 0 Å². The lowest BCUT2D eigenvalue weighted by atomic mass is 9.99. The standard InChI is InChI=1S/C22H18BrF2N3O4/c23-14-3-6-17(26-10-14)22(24,25)18(29)7-2-12-1-4-15-13(9-12)11-28(21(15)32)16-5-8-19(30)27-20(16)31/h1,3-4,6,9-10,16H,2,5,7-8,11H2,(H,27,30,31). The number of aryl methyl sites for hydroxylation is 1. The summed E-state index contributed by atoms with van der Waals surface area (Å²) in [5.74, 6) is -6.12. The average Bonchev–Trinajstić information content (AvgIpc) is 3.08. The van der Waals surface area contributed by atoms with Crippen LogP contribution < -0.4 is 5.32 Å². The molecule has 3 heterocycles. The summed E-state index contributed by atoms with van der Waals surface area (Å²) in [5.41, 5.74) is 1.11. The Morgan fingerprint density at radius 1 is 1.22 bits per heavy atom. The number of alkyl halides is 2. The SMILES string of the molecule is O=C1CCC(N2Cc3cc(CCC(=O)C(F)(F)c4ccc(Br)cn4)ccc3C2=O)C(=O)N1. The quantitative estimate of drug-likeness (QED) is 0.608. The fourth-order valence-electron chi connectivity index (χ4n) is 3.90. The minimum Gasteiger partial charge on any atom is -0.322 e. The highest BCUT2D eigenvalue weighted by atomic mass is 79.9. The number of Topliss-reactive ketones (excluding diaryl/α,β-unsaturated/α-hetero) is 1. The van der Waals surface area contributed by atoms with Gasteiger partial charge in [0, 0.05) is 35.6 Å². The van der Waals surface area contributed by atoms with Crippen molar-refractivity contribution in [3.05, 3.63) is 63.4 Å². The summed E-state index contributed by atoms with van der Waals surface area (Å²) in [6.45, 7) is 0.182. The zero-order valence-electron chi connectivity index (χ0n) is 16.7. The Morgan fingerprint density at radius 3 is 2.69 bits per heavy atom. The van der Waals surface area contributed by atoms with Crippen molar-refractivity contribution < 1.29 is 28.0 Å². The number of halogens is 3. The maximum Gasteiger partial charge on any atom is 0.346 e. The summed E-state index contributed by atoms with van der Waals surface area (Å²) in [5, 5.41) is 2.24. The minimum atomic E-state index is -3.70. The molecule has 7 nitrogen and oxygen atoms in total. The van der Waals surface area contributed by atoms with Gasteiger partial charge in [-0.3, -0.25) is 29.5 Å². The molecule has 166 valence electrons. The molecular formula is C22H18BrF2N3O4. The summed E-state index contributed by atoms with van der Waals surface area (Å²) in [6.07, 6.45) is 1.30. The predicted octanol–water partition coefficient (Wildman–Crippen LogP) is 2.90. The molecule has 1 aromatic carbocycles. The number of aromatic nitrogens is 1. The molecule has 4 rings (SSSR count). The number of hydrogen-bond acceptors (Lipinski definition) is 5. The molecule has 1 aromatic heterocycles. The number of nitrogens with zero attached hydrogens (tertiary/aromatic N) is 2. The molecule has 0 aliphatic carbocycles. The molecular weight excluding hydrogens is 488 g/mol. The number of benzene rings is 1. The molecule has 2 aliphatic rings. The second-order valence-electron chi connectivity index (χ2n) is 7.75. The molecule has 1 fully saturated rings. The van der Waals surface area contributed by atoms with Crippen LogP contribution in [0.2, 0.25) is 0 Å². The Balaban J connectivity index is 1.43. The van der Waals surface area contributed by atoms with E-state index < -0.39 is 35.8 Å². The molecule has 1 saturated heterocycles. The molecule has 0 bridgehead atoms. The van der Waals surface area contributed by atoms with Crippen LogP contribution in [0.15, 0.2) is 41.0 Å². The van der Waals surface area contributed by atoms with Crippen LogP contribution >= 0.6 is 15.9 Å². The van der Waals surface area contributed by atoms with Crippen molar-refractivity contribution in [1.29, 1.82) is 0 Å². The van der Waals surface area contributed by atoms with Crippen molar-refractivity contribution in [3.8, 4) is 0 Å². The molecule has 0 saturated carbocycles. The molecule has 1 atom stereocenters. The van der Waals surface area contributed by atoms with Gasteiger partial charge >= 0.3 is 5.92 Å². The molecule has 0 radical (unpaired) electrons. The van der Waals surface area contributed by atoms with Gasteiger partial charge in [0.25, 0.3) is 5.91 Å². The lowest BCUT2D eigenvalue weighted by Gasteiger charge is -2.29. The Hall–Kier alpha value is -3.01. The van der Waals surface area contributed by atoms with Crippen molar-refractivity contribution in [3.63, 3.8) is 0 Å². The van der Waals surface area contributed by atoms with E-state index in [-0.39, 0.29) is 37.6 Å². The number of rotatable bonds is 6. The number of fused-ring (bicyclic) bond motifs is 1. The second kappa shape index (κ2) is 8.50. The fraction of sp³-hybridized carbons (Fsp3) is 0.318. The van der Waals surface area contributed by atoms with Crippen LogP contribution in [0.4, 0.5) is 8.78 Å². The van der Waals surface area contributed by atoms with Crippen molar-refractivity contribution in [2.24, 2.45) is 0 Å². The van der Waals surface area contributed by atoms with Crippen molar-refractivity contribution >= 4 is 39.4 Å². The molecule has 2 aromatic rings. The van der Waals surface area contributed by atoms with Gasteiger partial charge < -0.3 is 4.90 Å². The van der Waals surface area contributed by atoms with Crippen LogP contribution in [0.1, 0.15) is 46.4 Å². The first-order valence-electron chi connectivity index (χ1n) is 9.96. The predicted molar refractivity (Wildman–Crippen MR) is 112 cm³/mol. The third-order valence-electron chi connectivity index (χ3n) is 5.63. The number of hydrogen-bond donors (Lipinski definition) is 1. The van der Waals surface area contributed by atoms with Crippen LogP contribution in [0, 0.1) is 0 Å². The first-order valence-corrected chi connectivity index (χ1v) is 10.8. The smallest absolute Gasteiger partial charge is 0.322 e. The number of amides is 3. The minimum absolute atomic E-state index is 0.0742. The van der Waals surface area contributed by atoms with Gasteiger partial charge in [-0.15, -0.1) is 0 Å². The fourth-order valence-corrected chi connectivity index (χ4v) is 4.14. The van der Waals surface area contributed by atoms with Crippen LogP contribution in [0.5, 0.6) is 0 Å². The zero-order chi connectivity index (χ0) is 23.0. The van der Waals surface area contributed by atoms with Gasteiger partial charge in [0.05, 0.1) is 0 Å². The summed E-state index contributed by atoms with van der Waals surface area (Å²) in [6, 6.07) is 6.67. The normalized spacial score (nSPS) is 18.5. The van der Waals surface area contributed by atoms with Gasteiger partial charge in [0.15, 0.2) is 0 Å². The van der Waals surface area contributed by atoms with Crippen LogP contribution in [-0.2, 0) is 33.3 Å². The number of pyridine rings is 1. The van der Waals surface area contributed by atoms with Gasteiger partial charge in [0.1, 0.15) is 11.7 Å².